The fourth-order valence-electron chi connectivity index (χ4n) is 2.99. The molecule has 2 rings (SSSR count). The summed E-state index contributed by atoms with van der Waals surface area (Å²) < 4.78 is 27.9. The van der Waals surface area contributed by atoms with Gasteiger partial charge in [0.15, 0.2) is 0 Å². The van der Waals surface area contributed by atoms with Gasteiger partial charge in [0, 0.05) is 17.8 Å². The van der Waals surface area contributed by atoms with Crippen molar-refractivity contribution in [1.82, 2.24) is 4.72 Å². The molecule has 1 aromatic rings. The van der Waals surface area contributed by atoms with E-state index in [1.165, 1.54) is 18.2 Å². The minimum Gasteiger partial charge on any atom is -0.478 e. The molecule has 0 saturated heterocycles. The molecular weight excluding hydrogens is 328 g/mol. The van der Waals surface area contributed by atoms with E-state index in [0.29, 0.717) is 5.69 Å². The van der Waals surface area contributed by atoms with Crippen molar-refractivity contribution >= 4 is 21.7 Å². The number of aromatic carboxylic acids is 1. The largest absolute Gasteiger partial charge is 0.478 e. The molecule has 134 valence electrons. The first-order valence-corrected chi connectivity index (χ1v) is 9.94. The standard InChI is InChI=1S/C17H26N2O4S/c1-12(2)18-16-10-9-14(11-15(16)17(20)21)24(22,23)19-13-7-5-3-4-6-8-13/h9-13,18-19H,3-8H2,1-2H3,(H,20,21). The Kier molecular flexibility index (Phi) is 6.23. The Labute approximate surface area is 143 Å². The van der Waals surface area contributed by atoms with E-state index in [1.54, 1.807) is 0 Å². The molecule has 0 amide bonds. The zero-order chi connectivity index (χ0) is 17.7. The van der Waals surface area contributed by atoms with Gasteiger partial charge >= 0.3 is 5.97 Å². The van der Waals surface area contributed by atoms with E-state index in [9.17, 15) is 18.3 Å². The molecule has 1 aromatic carbocycles. The Morgan fingerprint density at radius 1 is 1.17 bits per heavy atom. The number of carboxylic acids is 1. The summed E-state index contributed by atoms with van der Waals surface area (Å²) in [5, 5.41) is 12.4. The normalized spacial score (nSPS) is 16.8. The quantitative estimate of drug-likeness (QED) is 0.682. The van der Waals surface area contributed by atoms with Crippen LogP contribution in [0.15, 0.2) is 23.1 Å². The first-order valence-electron chi connectivity index (χ1n) is 8.46. The molecule has 24 heavy (non-hydrogen) atoms. The molecule has 6 nitrogen and oxygen atoms in total. The third-order valence-corrected chi connectivity index (χ3v) is 5.67. The van der Waals surface area contributed by atoms with Crippen molar-refractivity contribution < 1.29 is 18.3 Å². The zero-order valence-corrected chi connectivity index (χ0v) is 15.0. The van der Waals surface area contributed by atoms with Crippen LogP contribution in [0.4, 0.5) is 5.69 Å². The van der Waals surface area contributed by atoms with Gasteiger partial charge in [0.2, 0.25) is 10.0 Å². The monoisotopic (exact) mass is 354 g/mol. The van der Waals surface area contributed by atoms with Gasteiger partial charge in [-0.2, -0.15) is 0 Å². The lowest BCUT2D eigenvalue weighted by Crippen LogP contribution is -2.34. The Balaban J connectivity index is 2.25. The van der Waals surface area contributed by atoms with Crippen molar-refractivity contribution in [3.05, 3.63) is 23.8 Å². The van der Waals surface area contributed by atoms with Gasteiger partial charge in [-0.15, -0.1) is 0 Å². The Bertz CT molecular complexity index is 678. The second-order valence-corrected chi connectivity index (χ2v) is 8.34. The van der Waals surface area contributed by atoms with Crippen LogP contribution in [0.2, 0.25) is 0 Å². The molecule has 1 fully saturated rings. The van der Waals surface area contributed by atoms with E-state index in [-0.39, 0.29) is 22.5 Å². The summed E-state index contributed by atoms with van der Waals surface area (Å²) in [4.78, 5) is 11.5. The number of nitrogens with one attached hydrogen (secondary N) is 2. The van der Waals surface area contributed by atoms with Gasteiger partial charge in [0.25, 0.3) is 0 Å². The van der Waals surface area contributed by atoms with Crippen molar-refractivity contribution in [1.29, 1.82) is 0 Å². The van der Waals surface area contributed by atoms with Crippen LogP contribution >= 0.6 is 0 Å². The predicted octanol–water partition coefficient (Wildman–Crippen LogP) is 3.21. The second-order valence-electron chi connectivity index (χ2n) is 6.62. The molecular formula is C17H26N2O4S. The van der Waals surface area contributed by atoms with E-state index >= 15 is 0 Å². The molecule has 0 aliphatic heterocycles. The summed E-state index contributed by atoms with van der Waals surface area (Å²) in [5.74, 6) is -1.15. The molecule has 0 bridgehead atoms. The average molecular weight is 354 g/mol. The fraction of sp³-hybridized carbons (Fsp3) is 0.588. The smallest absolute Gasteiger partial charge is 0.337 e. The molecule has 0 radical (unpaired) electrons. The minimum absolute atomic E-state index is 0.00143. The molecule has 0 spiro atoms. The highest BCUT2D eigenvalue weighted by molar-refractivity contribution is 7.89. The Morgan fingerprint density at radius 2 is 1.79 bits per heavy atom. The molecule has 0 atom stereocenters. The van der Waals surface area contributed by atoms with E-state index in [4.69, 9.17) is 0 Å². The van der Waals surface area contributed by atoms with Crippen molar-refractivity contribution in [2.75, 3.05) is 5.32 Å². The summed E-state index contributed by atoms with van der Waals surface area (Å²) in [6.07, 6.45) is 5.97. The summed E-state index contributed by atoms with van der Waals surface area (Å²) in [6, 6.07) is 4.18. The lowest BCUT2D eigenvalue weighted by molar-refractivity contribution is 0.0697. The maximum absolute atomic E-state index is 12.6. The number of rotatable bonds is 6. The van der Waals surface area contributed by atoms with Crippen LogP contribution in [0.3, 0.4) is 0 Å². The molecule has 1 aliphatic rings. The van der Waals surface area contributed by atoms with Gasteiger partial charge in [-0.25, -0.2) is 17.9 Å². The highest BCUT2D eigenvalue weighted by atomic mass is 32.2. The number of benzene rings is 1. The maximum atomic E-state index is 12.6. The fourth-order valence-corrected chi connectivity index (χ4v) is 4.32. The first kappa shape index (κ1) is 18.7. The first-order chi connectivity index (χ1) is 11.3. The maximum Gasteiger partial charge on any atom is 0.337 e. The number of carbonyl (C=O) groups is 1. The van der Waals surface area contributed by atoms with Crippen LogP contribution in [0.25, 0.3) is 0 Å². The van der Waals surface area contributed by atoms with Crippen molar-refractivity contribution in [3.63, 3.8) is 0 Å². The van der Waals surface area contributed by atoms with E-state index < -0.39 is 16.0 Å². The lowest BCUT2D eigenvalue weighted by atomic mass is 10.1. The molecule has 0 aromatic heterocycles. The zero-order valence-electron chi connectivity index (χ0n) is 14.2. The van der Waals surface area contributed by atoms with Crippen LogP contribution in [-0.2, 0) is 10.0 Å². The third kappa shape index (κ3) is 4.95. The second kappa shape index (κ2) is 7.98. The number of anilines is 1. The Hall–Kier alpha value is -1.60. The molecule has 0 heterocycles. The van der Waals surface area contributed by atoms with Gasteiger partial charge in [-0.1, -0.05) is 25.7 Å². The summed E-state index contributed by atoms with van der Waals surface area (Å²) in [6.45, 7) is 3.79. The number of carboxylic acid groups (broad SMARTS) is 1. The lowest BCUT2D eigenvalue weighted by Gasteiger charge is -2.18. The van der Waals surface area contributed by atoms with Crippen LogP contribution in [-0.4, -0.2) is 31.6 Å². The molecule has 1 saturated carbocycles. The topological polar surface area (TPSA) is 95.5 Å². The molecule has 3 N–H and O–H groups in total. The molecule has 0 unspecified atom stereocenters. The van der Waals surface area contributed by atoms with E-state index in [2.05, 4.69) is 10.0 Å². The minimum atomic E-state index is -3.72. The summed E-state index contributed by atoms with van der Waals surface area (Å²) >= 11 is 0. The van der Waals surface area contributed by atoms with Crippen LogP contribution in [0.1, 0.15) is 62.7 Å². The van der Waals surface area contributed by atoms with Gasteiger partial charge < -0.3 is 10.4 Å². The summed E-state index contributed by atoms with van der Waals surface area (Å²) in [5.41, 5.74) is 0.387. The number of hydrogen-bond acceptors (Lipinski definition) is 4. The SMILES string of the molecule is CC(C)Nc1ccc(S(=O)(=O)NC2CCCCCC2)cc1C(=O)O. The average Bonchev–Trinajstić information content (AvgIpc) is 2.74. The highest BCUT2D eigenvalue weighted by Gasteiger charge is 2.23. The van der Waals surface area contributed by atoms with Gasteiger partial charge in [-0.3, -0.25) is 0 Å². The van der Waals surface area contributed by atoms with Crippen molar-refractivity contribution in [2.24, 2.45) is 0 Å². The van der Waals surface area contributed by atoms with Crippen LogP contribution in [0, 0.1) is 0 Å². The van der Waals surface area contributed by atoms with Gasteiger partial charge in [-0.05, 0) is 44.9 Å². The third-order valence-electron chi connectivity index (χ3n) is 4.15. The highest BCUT2D eigenvalue weighted by Crippen LogP contribution is 2.23. The number of sulfonamides is 1. The van der Waals surface area contributed by atoms with Crippen LogP contribution < -0.4 is 10.0 Å². The van der Waals surface area contributed by atoms with Gasteiger partial charge in [0.05, 0.1) is 10.5 Å². The number of hydrogen-bond donors (Lipinski definition) is 3. The summed E-state index contributed by atoms with van der Waals surface area (Å²) in [7, 11) is -3.72. The van der Waals surface area contributed by atoms with Crippen molar-refractivity contribution in [3.8, 4) is 0 Å². The van der Waals surface area contributed by atoms with Crippen molar-refractivity contribution in [2.45, 2.75) is 69.4 Å². The molecule has 7 heteroatoms. The van der Waals surface area contributed by atoms with Crippen LogP contribution in [0.5, 0.6) is 0 Å². The Morgan fingerprint density at radius 3 is 2.33 bits per heavy atom. The van der Waals surface area contributed by atoms with E-state index in [0.717, 1.165) is 38.5 Å². The molecule has 1 aliphatic carbocycles. The van der Waals surface area contributed by atoms with E-state index in [1.807, 2.05) is 13.8 Å². The predicted molar refractivity (Wildman–Crippen MR) is 94.0 cm³/mol. The van der Waals surface area contributed by atoms with Gasteiger partial charge in [0.1, 0.15) is 0 Å².